The minimum Gasteiger partial charge on any atom is -0.508 e. The van der Waals surface area contributed by atoms with Crippen LogP contribution in [0.25, 0.3) is 0 Å². The van der Waals surface area contributed by atoms with Gasteiger partial charge in [0.25, 0.3) is 0 Å². The van der Waals surface area contributed by atoms with Crippen LogP contribution >= 0.6 is 22.6 Å². The highest BCUT2D eigenvalue weighted by Crippen LogP contribution is 2.24. The average Bonchev–Trinajstić information content (AvgIpc) is 2.08. The second kappa shape index (κ2) is 4.12. The van der Waals surface area contributed by atoms with Crippen LogP contribution in [0.3, 0.4) is 0 Å². The summed E-state index contributed by atoms with van der Waals surface area (Å²) in [5.41, 5.74) is 2.49. The first kappa shape index (κ1) is 9.84. The van der Waals surface area contributed by atoms with Crippen LogP contribution < -0.4 is 0 Å². The molecule has 1 aromatic carbocycles. The van der Waals surface area contributed by atoms with Crippen LogP contribution in [0.4, 0.5) is 0 Å². The molecule has 0 bridgehead atoms. The highest BCUT2D eigenvalue weighted by atomic mass is 127. The molecule has 0 atom stereocenters. The van der Waals surface area contributed by atoms with E-state index in [-0.39, 0.29) is 0 Å². The minimum atomic E-state index is 0.393. The zero-order valence-corrected chi connectivity index (χ0v) is 9.55. The van der Waals surface area contributed by atoms with Crippen molar-refractivity contribution in [3.8, 4) is 5.75 Å². The van der Waals surface area contributed by atoms with Crippen molar-refractivity contribution in [2.24, 2.45) is 0 Å². The fraction of sp³-hybridized carbons (Fsp3) is 0.400. The fourth-order valence-electron chi connectivity index (χ4n) is 1.25. The van der Waals surface area contributed by atoms with Crippen molar-refractivity contribution in [1.29, 1.82) is 0 Å². The number of phenolic OH excluding ortho intramolecular Hbond substituents is 1. The molecule has 0 aliphatic rings. The Balaban J connectivity index is 3.22. The molecule has 0 saturated heterocycles. The van der Waals surface area contributed by atoms with Gasteiger partial charge in [0.15, 0.2) is 0 Å². The van der Waals surface area contributed by atoms with E-state index in [1.807, 2.05) is 12.1 Å². The Morgan fingerprint density at radius 1 is 1.17 bits per heavy atom. The van der Waals surface area contributed by atoms with Crippen LogP contribution in [-0.2, 0) is 12.8 Å². The smallest absolute Gasteiger partial charge is 0.116 e. The number of phenols is 1. The molecule has 1 aromatic rings. The number of hydrogen-bond acceptors (Lipinski definition) is 1. The van der Waals surface area contributed by atoms with Crippen molar-refractivity contribution in [3.63, 3.8) is 0 Å². The van der Waals surface area contributed by atoms with E-state index in [1.54, 1.807) is 0 Å². The van der Waals surface area contributed by atoms with E-state index < -0.39 is 0 Å². The van der Waals surface area contributed by atoms with Crippen LogP contribution in [0.15, 0.2) is 12.1 Å². The summed E-state index contributed by atoms with van der Waals surface area (Å²) in [5, 5.41) is 9.38. The van der Waals surface area contributed by atoms with Crippen LogP contribution in [0.5, 0.6) is 5.75 Å². The third-order valence-corrected chi connectivity index (χ3v) is 3.36. The van der Waals surface area contributed by atoms with E-state index in [9.17, 15) is 5.11 Å². The lowest BCUT2D eigenvalue weighted by Gasteiger charge is -2.07. The van der Waals surface area contributed by atoms with Crippen molar-refractivity contribution < 1.29 is 5.11 Å². The number of hydrogen-bond donors (Lipinski definition) is 1. The highest BCUT2D eigenvalue weighted by molar-refractivity contribution is 14.1. The second-order valence-corrected chi connectivity index (χ2v) is 3.86. The van der Waals surface area contributed by atoms with Crippen molar-refractivity contribution in [2.75, 3.05) is 0 Å². The number of benzene rings is 1. The molecule has 2 heteroatoms. The third-order valence-electron chi connectivity index (χ3n) is 1.97. The van der Waals surface area contributed by atoms with E-state index in [4.69, 9.17) is 0 Å². The summed E-state index contributed by atoms with van der Waals surface area (Å²) in [6, 6.07) is 3.70. The molecule has 66 valence electrons. The first-order chi connectivity index (χ1) is 5.69. The summed E-state index contributed by atoms with van der Waals surface area (Å²) in [4.78, 5) is 0. The van der Waals surface area contributed by atoms with E-state index in [2.05, 4.69) is 36.4 Å². The van der Waals surface area contributed by atoms with Gasteiger partial charge >= 0.3 is 0 Å². The zero-order valence-electron chi connectivity index (χ0n) is 7.39. The quantitative estimate of drug-likeness (QED) is 0.823. The van der Waals surface area contributed by atoms with Crippen molar-refractivity contribution in [2.45, 2.75) is 26.7 Å². The summed E-state index contributed by atoms with van der Waals surface area (Å²) in [6.07, 6.45) is 1.97. The minimum absolute atomic E-state index is 0.393. The molecular formula is C10H13IO. The average molecular weight is 276 g/mol. The van der Waals surface area contributed by atoms with Gasteiger partial charge in [0.2, 0.25) is 0 Å². The molecule has 0 saturated carbocycles. The Hall–Kier alpha value is -0.250. The SMILES string of the molecule is CCc1cc(O)cc(CC)c1I. The molecule has 1 nitrogen and oxygen atoms in total. The Kier molecular flexibility index (Phi) is 3.38. The first-order valence-electron chi connectivity index (χ1n) is 4.19. The monoisotopic (exact) mass is 276 g/mol. The third kappa shape index (κ3) is 1.91. The lowest BCUT2D eigenvalue weighted by molar-refractivity contribution is 0.473. The van der Waals surface area contributed by atoms with Crippen LogP contribution in [0.2, 0.25) is 0 Å². The standard InChI is InChI=1S/C10H13IO/c1-3-7-5-9(12)6-8(4-2)10(7)11/h5-6,12H,3-4H2,1-2H3. The number of halogens is 1. The van der Waals surface area contributed by atoms with Crippen LogP contribution in [-0.4, -0.2) is 5.11 Å². The van der Waals surface area contributed by atoms with E-state index in [1.165, 1.54) is 14.7 Å². The van der Waals surface area contributed by atoms with Crippen molar-refractivity contribution in [3.05, 3.63) is 26.8 Å². The van der Waals surface area contributed by atoms with Gasteiger partial charge in [-0.3, -0.25) is 0 Å². The fourth-order valence-corrected chi connectivity index (χ4v) is 2.32. The Morgan fingerprint density at radius 2 is 1.58 bits per heavy atom. The van der Waals surface area contributed by atoms with Crippen molar-refractivity contribution in [1.82, 2.24) is 0 Å². The molecule has 0 fully saturated rings. The lowest BCUT2D eigenvalue weighted by Crippen LogP contribution is -1.92. The second-order valence-electron chi connectivity index (χ2n) is 2.79. The Morgan fingerprint density at radius 3 is 1.92 bits per heavy atom. The summed E-state index contributed by atoms with van der Waals surface area (Å²) < 4.78 is 1.30. The van der Waals surface area contributed by atoms with Crippen LogP contribution in [0.1, 0.15) is 25.0 Å². The molecule has 0 heterocycles. The molecule has 1 N–H and O–H groups in total. The molecule has 12 heavy (non-hydrogen) atoms. The summed E-state index contributed by atoms with van der Waals surface area (Å²) in [5.74, 6) is 0.393. The van der Waals surface area contributed by atoms with Crippen molar-refractivity contribution >= 4 is 22.6 Å². The predicted octanol–water partition coefficient (Wildman–Crippen LogP) is 3.12. The summed E-state index contributed by atoms with van der Waals surface area (Å²) in [7, 11) is 0. The lowest BCUT2D eigenvalue weighted by atomic mass is 10.1. The van der Waals surface area contributed by atoms with Gasteiger partial charge in [-0.25, -0.2) is 0 Å². The predicted molar refractivity (Wildman–Crippen MR) is 59.6 cm³/mol. The van der Waals surface area contributed by atoms with E-state index >= 15 is 0 Å². The molecular weight excluding hydrogens is 263 g/mol. The summed E-state index contributed by atoms with van der Waals surface area (Å²) in [6.45, 7) is 4.22. The summed E-state index contributed by atoms with van der Waals surface area (Å²) >= 11 is 2.35. The first-order valence-corrected chi connectivity index (χ1v) is 5.27. The Bertz CT molecular complexity index is 256. The maximum absolute atomic E-state index is 9.38. The molecule has 0 spiro atoms. The van der Waals surface area contributed by atoms with Gasteiger partial charge in [-0.2, -0.15) is 0 Å². The number of aromatic hydroxyl groups is 1. The molecule has 0 radical (unpaired) electrons. The van der Waals surface area contributed by atoms with E-state index in [0.29, 0.717) is 5.75 Å². The highest BCUT2D eigenvalue weighted by Gasteiger charge is 2.04. The van der Waals surface area contributed by atoms with Gasteiger partial charge in [0.1, 0.15) is 5.75 Å². The molecule has 1 rings (SSSR count). The number of aryl methyl sites for hydroxylation is 2. The normalized spacial score (nSPS) is 10.2. The number of rotatable bonds is 2. The van der Waals surface area contributed by atoms with E-state index in [0.717, 1.165) is 12.8 Å². The topological polar surface area (TPSA) is 20.2 Å². The molecule has 0 unspecified atom stereocenters. The molecule has 0 aromatic heterocycles. The zero-order chi connectivity index (χ0) is 9.14. The van der Waals surface area contributed by atoms with Gasteiger partial charge in [-0.15, -0.1) is 0 Å². The van der Waals surface area contributed by atoms with Gasteiger partial charge in [-0.1, -0.05) is 13.8 Å². The molecule has 0 amide bonds. The Labute approximate surface area is 86.9 Å². The van der Waals surface area contributed by atoms with Gasteiger partial charge in [-0.05, 0) is 58.7 Å². The maximum atomic E-state index is 9.38. The van der Waals surface area contributed by atoms with Gasteiger partial charge in [0.05, 0.1) is 0 Å². The largest absolute Gasteiger partial charge is 0.508 e. The molecule has 0 aliphatic heterocycles. The van der Waals surface area contributed by atoms with Gasteiger partial charge < -0.3 is 5.11 Å². The maximum Gasteiger partial charge on any atom is 0.116 e. The van der Waals surface area contributed by atoms with Gasteiger partial charge in [0, 0.05) is 3.57 Å². The van der Waals surface area contributed by atoms with Crippen LogP contribution in [0, 0.1) is 3.57 Å². The molecule has 0 aliphatic carbocycles.